The Hall–Kier alpha value is -4.15. The fourth-order valence-electron chi connectivity index (χ4n) is 5.40. The second-order valence-corrected chi connectivity index (χ2v) is 9.22. The van der Waals surface area contributed by atoms with E-state index in [1.165, 1.54) is 6.07 Å². The number of nitrogens with zero attached hydrogens (tertiary/aromatic N) is 4. The van der Waals surface area contributed by atoms with E-state index in [4.69, 9.17) is 9.15 Å². The SMILES string of the molecule is COc1cc(-c2nnc3n2CCCC32C(=O)NCc3ccc(C(F)(F)F)cc32)ccc1-c1cnc(C)o1. The van der Waals surface area contributed by atoms with E-state index >= 15 is 0 Å². The van der Waals surface area contributed by atoms with E-state index in [-0.39, 0.29) is 12.5 Å². The van der Waals surface area contributed by atoms with Crippen molar-refractivity contribution in [1.29, 1.82) is 0 Å². The summed E-state index contributed by atoms with van der Waals surface area (Å²) in [5.74, 6) is 2.08. The summed E-state index contributed by atoms with van der Waals surface area (Å²) >= 11 is 0. The van der Waals surface area contributed by atoms with Crippen molar-refractivity contribution in [3.63, 3.8) is 0 Å². The van der Waals surface area contributed by atoms with Gasteiger partial charge in [0.2, 0.25) is 5.91 Å². The summed E-state index contributed by atoms with van der Waals surface area (Å²) in [5, 5.41) is 11.6. The third kappa shape index (κ3) is 3.52. The number of methoxy groups -OCH3 is 1. The van der Waals surface area contributed by atoms with Gasteiger partial charge in [-0.2, -0.15) is 13.2 Å². The summed E-state index contributed by atoms with van der Waals surface area (Å²) in [6.45, 7) is 2.43. The molecule has 2 aromatic carbocycles. The van der Waals surface area contributed by atoms with Gasteiger partial charge in [-0.1, -0.05) is 12.1 Å². The lowest BCUT2D eigenvalue weighted by Gasteiger charge is -2.40. The molecule has 1 atom stereocenters. The summed E-state index contributed by atoms with van der Waals surface area (Å²) in [7, 11) is 1.54. The van der Waals surface area contributed by atoms with Crippen molar-refractivity contribution in [2.24, 2.45) is 0 Å². The van der Waals surface area contributed by atoms with Crippen LogP contribution < -0.4 is 10.1 Å². The van der Waals surface area contributed by atoms with Gasteiger partial charge in [-0.15, -0.1) is 10.2 Å². The highest BCUT2D eigenvalue weighted by atomic mass is 19.4. The molecule has 190 valence electrons. The number of aromatic nitrogens is 4. The number of carbonyl (C=O) groups is 1. The molecule has 0 aliphatic carbocycles. The van der Waals surface area contributed by atoms with Gasteiger partial charge in [0.15, 0.2) is 23.3 Å². The molecule has 37 heavy (non-hydrogen) atoms. The van der Waals surface area contributed by atoms with E-state index in [0.717, 1.165) is 12.1 Å². The number of oxazole rings is 1. The summed E-state index contributed by atoms with van der Waals surface area (Å²) in [6, 6.07) is 9.03. The Morgan fingerprint density at radius 2 is 2.00 bits per heavy atom. The first-order chi connectivity index (χ1) is 17.7. The standard InChI is InChI=1S/C26H22F3N5O3/c1-14-30-13-21(37-14)18-7-5-15(10-20(18)36-2)22-32-33-23-25(8-3-9-34(22)23)19-11-17(26(27,28)29)6-4-16(19)12-31-24(25)35/h4-7,10-11,13H,3,8-9,12H2,1-2H3,(H,31,35). The number of halogens is 3. The molecule has 4 heterocycles. The number of rotatable bonds is 3. The van der Waals surface area contributed by atoms with E-state index < -0.39 is 17.2 Å². The first-order valence-corrected chi connectivity index (χ1v) is 11.8. The van der Waals surface area contributed by atoms with E-state index in [2.05, 4.69) is 20.5 Å². The number of aryl methyl sites for hydroxylation is 1. The molecule has 2 aliphatic rings. The quantitative estimate of drug-likeness (QED) is 0.432. The van der Waals surface area contributed by atoms with Crippen LogP contribution in [0.1, 0.15) is 41.2 Å². The summed E-state index contributed by atoms with van der Waals surface area (Å²) in [6.07, 6.45) is -2.02. The molecule has 1 amide bonds. The topological polar surface area (TPSA) is 95.1 Å². The van der Waals surface area contributed by atoms with Crippen LogP contribution in [0.15, 0.2) is 47.0 Å². The maximum absolute atomic E-state index is 13.6. The molecule has 8 nitrogen and oxygen atoms in total. The molecule has 0 bridgehead atoms. The molecule has 2 aromatic heterocycles. The number of carbonyl (C=O) groups excluding carboxylic acids is 1. The number of hydrogen-bond acceptors (Lipinski definition) is 6. The molecule has 0 saturated carbocycles. The Labute approximate surface area is 209 Å². The van der Waals surface area contributed by atoms with Gasteiger partial charge in [-0.25, -0.2) is 4.98 Å². The zero-order chi connectivity index (χ0) is 25.9. The van der Waals surface area contributed by atoms with Crippen molar-refractivity contribution in [3.05, 3.63) is 71.0 Å². The number of alkyl halides is 3. The highest BCUT2D eigenvalue weighted by Gasteiger charge is 2.52. The third-order valence-electron chi connectivity index (χ3n) is 7.14. The van der Waals surface area contributed by atoms with Gasteiger partial charge in [-0.3, -0.25) is 4.79 Å². The van der Waals surface area contributed by atoms with Crippen LogP contribution >= 0.6 is 0 Å². The predicted molar refractivity (Wildman–Crippen MR) is 126 cm³/mol. The van der Waals surface area contributed by atoms with Gasteiger partial charge in [-0.05, 0) is 48.2 Å². The Balaban J connectivity index is 1.49. The smallest absolute Gasteiger partial charge is 0.416 e. The summed E-state index contributed by atoms with van der Waals surface area (Å²) in [5.41, 5.74) is 0.216. The Morgan fingerprint density at radius 3 is 2.73 bits per heavy atom. The van der Waals surface area contributed by atoms with Gasteiger partial charge in [0.05, 0.1) is 24.4 Å². The number of hydrogen-bond donors (Lipinski definition) is 1. The minimum atomic E-state index is -4.53. The van der Waals surface area contributed by atoms with Crippen LogP contribution in [0, 0.1) is 6.92 Å². The van der Waals surface area contributed by atoms with Crippen LogP contribution in [0.5, 0.6) is 5.75 Å². The van der Waals surface area contributed by atoms with E-state index in [9.17, 15) is 18.0 Å². The van der Waals surface area contributed by atoms with Gasteiger partial charge in [0, 0.05) is 25.6 Å². The second kappa shape index (κ2) is 8.19. The highest BCUT2D eigenvalue weighted by Crippen LogP contribution is 2.46. The molecule has 1 unspecified atom stereocenters. The molecule has 11 heteroatoms. The van der Waals surface area contributed by atoms with Crippen LogP contribution in [0.2, 0.25) is 0 Å². The first-order valence-electron chi connectivity index (χ1n) is 11.8. The van der Waals surface area contributed by atoms with Gasteiger partial charge in [0.1, 0.15) is 11.2 Å². The molecule has 0 fully saturated rings. The maximum atomic E-state index is 13.6. The number of ether oxygens (including phenoxy) is 1. The lowest BCUT2D eigenvalue weighted by molar-refractivity contribution is -0.138. The molecule has 2 aliphatic heterocycles. The molecule has 1 spiro atoms. The number of amides is 1. The maximum Gasteiger partial charge on any atom is 0.416 e. The molecule has 4 aromatic rings. The zero-order valence-electron chi connectivity index (χ0n) is 20.0. The average Bonchev–Trinajstić information content (AvgIpc) is 3.52. The Morgan fingerprint density at radius 1 is 1.16 bits per heavy atom. The predicted octanol–water partition coefficient (Wildman–Crippen LogP) is 4.65. The molecular formula is C26H22F3N5O3. The van der Waals surface area contributed by atoms with Crippen molar-refractivity contribution < 1.29 is 27.1 Å². The van der Waals surface area contributed by atoms with Crippen LogP contribution in [0.3, 0.4) is 0 Å². The lowest BCUT2D eigenvalue weighted by atomic mass is 9.69. The van der Waals surface area contributed by atoms with Gasteiger partial charge < -0.3 is 19.0 Å². The molecule has 6 rings (SSSR count). The van der Waals surface area contributed by atoms with Crippen LogP contribution in [0.25, 0.3) is 22.7 Å². The largest absolute Gasteiger partial charge is 0.496 e. The van der Waals surface area contributed by atoms with Crippen molar-refractivity contribution in [1.82, 2.24) is 25.1 Å². The van der Waals surface area contributed by atoms with Crippen LogP contribution in [-0.2, 0) is 29.5 Å². The first kappa shape index (κ1) is 23.3. The van der Waals surface area contributed by atoms with Crippen molar-refractivity contribution in [2.75, 3.05) is 7.11 Å². The molecule has 0 saturated heterocycles. The van der Waals surface area contributed by atoms with Gasteiger partial charge >= 0.3 is 6.18 Å². The van der Waals surface area contributed by atoms with E-state index in [0.29, 0.717) is 70.7 Å². The molecule has 0 radical (unpaired) electrons. The molecule has 1 N–H and O–H groups in total. The number of nitrogens with one attached hydrogen (secondary N) is 1. The number of fused-ring (bicyclic) bond motifs is 4. The normalized spacial score (nSPS) is 18.9. The minimum Gasteiger partial charge on any atom is -0.496 e. The van der Waals surface area contributed by atoms with Gasteiger partial charge in [0.25, 0.3) is 0 Å². The molecular weight excluding hydrogens is 487 g/mol. The summed E-state index contributed by atoms with van der Waals surface area (Å²) in [4.78, 5) is 17.5. The average molecular weight is 509 g/mol. The summed E-state index contributed by atoms with van der Waals surface area (Å²) < 4.78 is 53.9. The fraction of sp³-hybridized carbons (Fsp3) is 0.308. The zero-order valence-corrected chi connectivity index (χ0v) is 20.0. The van der Waals surface area contributed by atoms with Crippen LogP contribution in [-0.4, -0.2) is 32.8 Å². The second-order valence-electron chi connectivity index (χ2n) is 9.22. The Bertz CT molecular complexity index is 1540. The van der Waals surface area contributed by atoms with E-state index in [1.54, 1.807) is 26.3 Å². The lowest BCUT2D eigenvalue weighted by Crippen LogP contribution is -2.52. The Kier molecular flexibility index (Phi) is 5.15. The third-order valence-corrected chi connectivity index (χ3v) is 7.14. The van der Waals surface area contributed by atoms with Crippen molar-refractivity contribution in [2.45, 2.75) is 44.4 Å². The van der Waals surface area contributed by atoms with Crippen molar-refractivity contribution in [3.8, 4) is 28.5 Å². The number of benzene rings is 2. The fourth-order valence-corrected chi connectivity index (χ4v) is 5.40. The highest BCUT2D eigenvalue weighted by molar-refractivity contribution is 5.93. The monoisotopic (exact) mass is 509 g/mol. The van der Waals surface area contributed by atoms with Crippen molar-refractivity contribution >= 4 is 5.91 Å². The van der Waals surface area contributed by atoms with Crippen LogP contribution in [0.4, 0.5) is 13.2 Å². The van der Waals surface area contributed by atoms with E-state index in [1.807, 2.05) is 16.7 Å². The minimum absolute atomic E-state index is 0.162.